The summed E-state index contributed by atoms with van der Waals surface area (Å²) in [7, 11) is 2.02. The lowest BCUT2D eigenvalue weighted by atomic mass is 10.1. The van der Waals surface area contributed by atoms with Crippen molar-refractivity contribution < 1.29 is 0 Å². The molecule has 0 amide bonds. The van der Waals surface area contributed by atoms with Crippen molar-refractivity contribution in [3.8, 4) is 0 Å². The molecule has 1 aromatic heterocycles. The van der Waals surface area contributed by atoms with Crippen molar-refractivity contribution in [3.05, 3.63) is 23.8 Å². The van der Waals surface area contributed by atoms with Gasteiger partial charge in [0.1, 0.15) is 6.33 Å². The van der Waals surface area contributed by atoms with Gasteiger partial charge >= 0.3 is 0 Å². The van der Waals surface area contributed by atoms with E-state index in [2.05, 4.69) is 35.2 Å². The SMILES string of the molecule is CCCc1cc(CC(CCC)NC)ncn1. The number of aromatic nitrogens is 2. The van der Waals surface area contributed by atoms with Gasteiger partial charge in [-0.2, -0.15) is 0 Å². The third kappa shape index (κ3) is 4.27. The Morgan fingerprint density at radius 2 is 1.94 bits per heavy atom. The number of nitrogens with zero attached hydrogens (tertiary/aromatic N) is 2. The van der Waals surface area contributed by atoms with Crippen LogP contribution < -0.4 is 5.32 Å². The van der Waals surface area contributed by atoms with Crippen LogP contribution in [0.3, 0.4) is 0 Å². The molecule has 0 aliphatic carbocycles. The summed E-state index contributed by atoms with van der Waals surface area (Å²) in [6.07, 6.45) is 7.29. The molecule has 0 saturated carbocycles. The predicted octanol–water partition coefficient (Wildman–Crippen LogP) is 2.36. The summed E-state index contributed by atoms with van der Waals surface area (Å²) < 4.78 is 0. The molecule has 0 fully saturated rings. The lowest BCUT2D eigenvalue weighted by molar-refractivity contribution is 0.508. The van der Waals surface area contributed by atoms with Crippen LogP contribution in [-0.2, 0) is 12.8 Å². The molecule has 0 aromatic carbocycles. The van der Waals surface area contributed by atoms with E-state index in [1.807, 2.05) is 7.05 Å². The molecule has 1 aromatic rings. The minimum Gasteiger partial charge on any atom is -0.317 e. The second kappa shape index (κ2) is 7.34. The summed E-state index contributed by atoms with van der Waals surface area (Å²) >= 11 is 0. The highest BCUT2D eigenvalue weighted by Gasteiger charge is 2.07. The third-order valence-corrected chi connectivity index (χ3v) is 2.79. The molecule has 1 N–H and O–H groups in total. The molecule has 90 valence electrons. The molecular formula is C13H23N3. The smallest absolute Gasteiger partial charge is 0.115 e. The second-order valence-corrected chi connectivity index (χ2v) is 4.23. The predicted molar refractivity (Wildman–Crippen MR) is 67.5 cm³/mol. The van der Waals surface area contributed by atoms with Crippen molar-refractivity contribution in [3.63, 3.8) is 0 Å². The maximum Gasteiger partial charge on any atom is 0.115 e. The van der Waals surface area contributed by atoms with E-state index in [1.165, 1.54) is 18.5 Å². The van der Waals surface area contributed by atoms with Gasteiger partial charge in [0.2, 0.25) is 0 Å². The largest absolute Gasteiger partial charge is 0.317 e. The van der Waals surface area contributed by atoms with Gasteiger partial charge in [0.25, 0.3) is 0 Å². The van der Waals surface area contributed by atoms with Crippen molar-refractivity contribution in [1.29, 1.82) is 0 Å². The van der Waals surface area contributed by atoms with E-state index in [1.54, 1.807) is 6.33 Å². The molecule has 0 bridgehead atoms. The fourth-order valence-electron chi connectivity index (χ4n) is 1.90. The number of rotatable bonds is 7. The Balaban J connectivity index is 2.60. The monoisotopic (exact) mass is 221 g/mol. The zero-order chi connectivity index (χ0) is 11.8. The number of aryl methyl sites for hydroxylation is 1. The minimum atomic E-state index is 0.536. The van der Waals surface area contributed by atoms with E-state index >= 15 is 0 Å². The van der Waals surface area contributed by atoms with Crippen LogP contribution in [0.4, 0.5) is 0 Å². The first-order valence-electron chi connectivity index (χ1n) is 6.27. The lowest BCUT2D eigenvalue weighted by Gasteiger charge is -2.14. The summed E-state index contributed by atoms with van der Waals surface area (Å²) in [4.78, 5) is 8.62. The van der Waals surface area contributed by atoms with Crippen molar-refractivity contribution in [2.75, 3.05) is 7.05 Å². The first-order valence-corrected chi connectivity index (χ1v) is 6.27. The first kappa shape index (κ1) is 13.1. The van der Waals surface area contributed by atoms with E-state index in [-0.39, 0.29) is 0 Å². The molecule has 0 aliphatic rings. The van der Waals surface area contributed by atoms with Crippen LogP contribution in [0.25, 0.3) is 0 Å². The van der Waals surface area contributed by atoms with Crippen LogP contribution in [0.1, 0.15) is 44.5 Å². The van der Waals surface area contributed by atoms with E-state index in [9.17, 15) is 0 Å². The molecule has 1 unspecified atom stereocenters. The van der Waals surface area contributed by atoms with Gasteiger partial charge in [-0.25, -0.2) is 9.97 Å². The third-order valence-electron chi connectivity index (χ3n) is 2.79. The Hall–Kier alpha value is -0.960. The molecule has 1 atom stereocenters. The molecular weight excluding hydrogens is 198 g/mol. The molecule has 0 saturated heterocycles. The average Bonchev–Trinajstić information content (AvgIpc) is 2.29. The maximum absolute atomic E-state index is 4.34. The Bertz CT molecular complexity index is 299. The zero-order valence-corrected chi connectivity index (χ0v) is 10.7. The van der Waals surface area contributed by atoms with Crippen molar-refractivity contribution in [2.45, 2.75) is 52.0 Å². The summed E-state index contributed by atoms with van der Waals surface area (Å²) in [5.41, 5.74) is 2.32. The van der Waals surface area contributed by atoms with Gasteiger partial charge in [0.05, 0.1) is 0 Å². The van der Waals surface area contributed by atoms with Crippen LogP contribution in [-0.4, -0.2) is 23.1 Å². The van der Waals surface area contributed by atoms with Gasteiger partial charge in [-0.05, 0) is 26.0 Å². The molecule has 0 radical (unpaired) electrons. The van der Waals surface area contributed by atoms with Gasteiger partial charge in [-0.3, -0.25) is 0 Å². The van der Waals surface area contributed by atoms with Crippen LogP contribution in [0, 0.1) is 0 Å². The Morgan fingerprint density at radius 3 is 2.56 bits per heavy atom. The molecule has 1 rings (SSSR count). The Labute approximate surface area is 98.7 Å². The van der Waals surface area contributed by atoms with Gasteiger partial charge < -0.3 is 5.32 Å². The molecule has 0 spiro atoms. The number of hydrogen-bond donors (Lipinski definition) is 1. The summed E-state index contributed by atoms with van der Waals surface area (Å²) in [5, 5.41) is 3.34. The Morgan fingerprint density at radius 1 is 1.19 bits per heavy atom. The number of nitrogens with one attached hydrogen (secondary N) is 1. The highest BCUT2D eigenvalue weighted by Crippen LogP contribution is 2.07. The van der Waals surface area contributed by atoms with Gasteiger partial charge in [-0.1, -0.05) is 26.7 Å². The standard InChI is InChI=1S/C13H23N3/c1-4-6-11(14-3)8-13-9-12(7-5-2)15-10-16-13/h9-11,14H,4-8H2,1-3H3. The summed E-state index contributed by atoms with van der Waals surface area (Å²) in [6, 6.07) is 2.68. The summed E-state index contributed by atoms with van der Waals surface area (Å²) in [6.45, 7) is 4.39. The fourth-order valence-corrected chi connectivity index (χ4v) is 1.90. The first-order chi connectivity index (χ1) is 7.80. The van der Waals surface area contributed by atoms with E-state index in [4.69, 9.17) is 0 Å². The fraction of sp³-hybridized carbons (Fsp3) is 0.692. The summed E-state index contributed by atoms with van der Waals surface area (Å²) in [5.74, 6) is 0. The highest BCUT2D eigenvalue weighted by atomic mass is 14.9. The van der Waals surface area contributed by atoms with Crippen LogP contribution >= 0.6 is 0 Å². The highest BCUT2D eigenvalue weighted by molar-refractivity contribution is 5.09. The topological polar surface area (TPSA) is 37.8 Å². The second-order valence-electron chi connectivity index (χ2n) is 4.23. The minimum absolute atomic E-state index is 0.536. The molecule has 3 heteroatoms. The molecule has 3 nitrogen and oxygen atoms in total. The van der Waals surface area contributed by atoms with Crippen molar-refractivity contribution >= 4 is 0 Å². The normalized spacial score (nSPS) is 12.7. The van der Waals surface area contributed by atoms with Crippen LogP contribution in [0.2, 0.25) is 0 Å². The number of hydrogen-bond acceptors (Lipinski definition) is 3. The van der Waals surface area contributed by atoms with Crippen LogP contribution in [0.15, 0.2) is 12.4 Å². The molecule has 16 heavy (non-hydrogen) atoms. The average molecular weight is 221 g/mol. The molecule has 1 heterocycles. The van der Waals surface area contributed by atoms with E-state index < -0.39 is 0 Å². The maximum atomic E-state index is 4.34. The van der Waals surface area contributed by atoms with E-state index in [0.29, 0.717) is 6.04 Å². The van der Waals surface area contributed by atoms with Gasteiger partial charge in [-0.15, -0.1) is 0 Å². The van der Waals surface area contributed by atoms with E-state index in [0.717, 1.165) is 25.0 Å². The Kier molecular flexibility index (Phi) is 6.01. The lowest BCUT2D eigenvalue weighted by Crippen LogP contribution is -2.27. The quantitative estimate of drug-likeness (QED) is 0.768. The van der Waals surface area contributed by atoms with Crippen molar-refractivity contribution in [1.82, 2.24) is 15.3 Å². The zero-order valence-electron chi connectivity index (χ0n) is 10.7. The van der Waals surface area contributed by atoms with Crippen LogP contribution in [0.5, 0.6) is 0 Å². The molecule has 0 aliphatic heterocycles. The van der Waals surface area contributed by atoms with Gasteiger partial charge in [0.15, 0.2) is 0 Å². The number of likely N-dealkylation sites (N-methyl/N-ethyl adjacent to an activating group) is 1. The van der Waals surface area contributed by atoms with Crippen molar-refractivity contribution in [2.24, 2.45) is 0 Å². The van der Waals surface area contributed by atoms with Gasteiger partial charge in [0, 0.05) is 23.9 Å².